The highest BCUT2D eigenvalue weighted by molar-refractivity contribution is 7.80. The molecule has 0 heterocycles. The highest BCUT2D eigenvalue weighted by atomic mass is 32.1. The number of hydrogen-bond donors (Lipinski definition) is 2. The SMILES string of the molecule is CCCC(C(=O)NCC1CCC(CC)CC1)C(N)=S. The lowest BCUT2D eigenvalue weighted by atomic mass is 9.81. The third-order valence-corrected chi connectivity index (χ3v) is 4.63. The first-order valence-corrected chi connectivity index (χ1v) is 8.06. The van der Waals surface area contributed by atoms with Gasteiger partial charge in [0.2, 0.25) is 5.91 Å². The van der Waals surface area contributed by atoms with Crippen LogP contribution in [0.2, 0.25) is 0 Å². The molecule has 1 aliphatic carbocycles. The molecule has 3 nitrogen and oxygen atoms in total. The Morgan fingerprint density at radius 2 is 1.84 bits per heavy atom. The molecular weight excluding hydrogens is 256 g/mol. The molecule has 4 heteroatoms. The molecule has 110 valence electrons. The van der Waals surface area contributed by atoms with Crippen molar-refractivity contribution in [3.05, 3.63) is 0 Å². The van der Waals surface area contributed by atoms with Crippen molar-refractivity contribution in [3.8, 4) is 0 Å². The van der Waals surface area contributed by atoms with Gasteiger partial charge in [-0.15, -0.1) is 0 Å². The molecule has 1 amide bonds. The third kappa shape index (κ3) is 5.47. The zero-order chi connectivity index (χ0) is 14.3. The van der Waals surface area contributed by atoms with Crippen molar-refractivity contribution in [2.75, 3.05) is 6.54 Å². The normalized spacial score (nSPS) is 24.7. The van der Waals surface area contributed by atoms with E-state index in [1.54, 1.807) is 0 Å². The van der Waals surface area contributed by atoms with Gasteiger partial charge in [-0.3, -0.25) is 4.79 Å². The second-order valence-electron chi connectivity index (χ2n) is 5.78. The second kappa shape index (κ2) is 8.51. The molecule has 0 aliphatic heterocycles. The van der Waals surface area contributed by atoms with Gasteiger partial charge in [0.05, 0.1) is 10.9 Å². The Kier molecular flexibility index (Phi) is 7.36. The van der Waals surface area contributed by atoms with Crippen LogP contribution in [0.15, 0.2) is 0 Å². The lowest BCUT2D eigenvalue weighted by molar-refractivity contribution is -0.123. The number of carbonyl (C=O) groups is 1. The predicted octanol–water partition coefficient (Wildman–Crippen LogP) is 3.02. The first-order chi connectivity index (χ1) is 9.08. The fourth-order valence-electron chi connectivity index (χ4n) is 2.90. The number of thiocarbonyl (C=S) groups is 1. The Hall–Kier alpha value is -0.640. The molecule has 0 aromatic carbocycles. The molecular formula is C15H28N2OS. The van der Waals surface area contributed by atoms with E-state index in [-0.39, 0.29) is 11.8 Å². The van der Waals surface area contributed by atoms with Crippen LogP contribution in [0.3, 0.4) is 0 Å². The van der Waals surface area contributed by atoms with Gasteiger partial charge in [0.25, 0.3) is 0 Å². The quantitative estimate of drug-likeness (QED) is 0.707. The fraction of sp³-hybridized carbons (Fsp3) is 0.867. The average Bonchev–Trinajstić information content (AvgIpc) is 2.42. The Labute approximate surface area is 122 Å². The van der Waals surface area contributed by atoms with Gasteiger partial charge in [0.1, 0.15) is 0 Å². The molecule has 1 saturated carbocycles. The molecule has 0 saturated heterocycles. The topological polar surface area (TPSA) is 55.1 Å². The minimum atomic E-state index is -0.285. The van der Waals surface area contributed by atoms with Gasteiger partial charge in [0, 0.05) is 6.54 Å². The number of carbonyl (C=O) groups excluding carboxylic acids is 1. The van der Waals surface area contributed by atoms with E-state index in [0.29, 0.717) is 10.9 Å². The van der Waals surface area contributed by atoms with E-state index in [1.165, 1.54) is 32.1 Å². The predicted molar refractivity (Wildman–Crippen MR) is 83.9 cm³/mol. The molecule has 1 atom stereocenters. The zero-order valence-electron chi connectivity index (χ0n) is 12.3. The monoisotopic (exact) mass is 284 g/mol. The summed E-state index contributed by atoms with van der Waals surface area (Å²) in [6, 6.07) is 0. The maximum atomic E-state index is 12.1. The molecule has 1 rings (SSSR count). The summed E-state index contributed by atoms with van der Waals surface area (Å²) in [6.07, 6.45) is 8.07. The van der Waals surface area contributed by atoms with E-state index in [2.05, 4.69) is 12.2 Å². The number of hydrogen-bond acceptors (Lipinski definition) is 2. The lowest BCUT2D eigenvalue weighted by Crippen LogP contribution is -2.40. The number of amides is 1. The maximum Gasteiger partial charge on any atom is 0.229 e. The summed E-state index contributed by atoms with van der Waals surface area (Å²) in [5, 5.41) is 3.05. The molecule has 0 aromatic heterocycles. The van der Waals surface area contributed by atoms with Gasteiger partial charge >= 0.3 is 0 Å². The summed E-state index contributed by atoms with van der Waals surface area (Å²) in [4.78, 5) is 12.4. The van der Waals surface area contributed by atoms with Crippen LogP contribution < -0.4 is 11.1 Å². The van der Waals surface area contributed by atoms with Gasteiger partial charge in [-0.25, -0.2) is 0 Å². The number of nitrogens with one attached hydrogen (secondary N) is 1. The molecule has 1 aliphatic rings. The van der Waals surface area contributed by atoms with Crippen molar-refractivity contribution in [3.63, 3.8) is 0 Å². The van der Waals surface area contributed by atoms with Crippen LogP contribution in [-0.2, 0) is 4.79 Å². The number of rotatable bonds is 7. The first kappa shape index (κ1) is 16.4. The van der Waals surface area contributed by atoms with Crippen LogP contribution >= 0.6 is 12.2 Å². The molecule has 19 heavy (non-hydrogen) atoms. The summed E-state index contributed by atoms with van der Waals surface area (Å²) < 4.78 is 0. The smallest absolute Gasteiger partial charge is 0.229 e. The second-order valence-corrected chi connectivity index (χ2v) is 6.26. The molecule has 0 aromatic rings. The van der Waals surface area contributed by atoms with E-state index in [9.17, 15) is 4.79 Å². The van der Waals surface area contributed by atoms with Gasteiger partial charge < -0.3 is 11.1 Å². The van der Waals surface area contributed by atoms with Crippen LogP contribution in [0.25, 0.3) is 0 Å². The molecule has 0 bridgehead atoms. The largest absolute Gasteiger partial charge is 0.393 e. The highest BCUT2D eigenvalue weighted by Crippen LogP contribution is 2.30. The summed E-state index contributed by atoms with van der Waals surface area (Å²) in [5.74, 6) is 1.27. The summed E-state index contributed by atoms with van der Waals surface area (Å²) >= 11 is 4.98. The van der Waals surface area contributed by atoms with Crippen molar-refractivity contribution in [1.29, 1.82) is 0 Å². The van der Waals surface area contributed by atoms with Gasteiger partial charge in [-0.05, 0) is 31.1 Å². The molecule has 3 N–H and O–H groups in total. The zero-order valence-corrected chi connectivity index (χ0v) is 13.1. The van der Waals surface area contributed by atoms with E-state index < -0.39 is 0 Å². The van der Waals surface area contributed by atoms with Gasteiger partial charge in [-0.1, -0.05) is 51.7 Å². The maximum absolute atomic E-state index is 12.1. The highest BCUT2D eigenvalue weighted by Gasteiger charge is 2.23. The Morgan fingerprint density at radius 1 is 1.26 bits per heavy atom. The van der Waals surface area contributed by atoms with Gasteiger partial charge in [0.15, 0.2) is 0 Å². The molecule has 1 fully saturated rings. The standard InChI is InChI=1S/C15H28N2OS/c1-3-5-13(14(16)19)15(18)17-10-12-8-6-11(4-2)7-9-12/h11-13H,3-10H2,1-2H3,(H2,16,19)(H,17,18). The fourth-order valence-corrected chi connectivity index (χ4v) is 3.13. The van der Waals surface area contributed by atoms with Crippen LogP contribution in [0.1, 0.15) is 58.8 Å². The van der Waals surface area contributed by atoms with Crippen molar-refractivity contribution >= 4 is 23.1 Å². The first-order valence-electron chi connectivity index (χ1n) is 7.65. The van der Waals surface area contributed by atoms with Crippen LogP contribution in [0, 0.1) is 17.8 Å². The minimum Gasteiger partial charge on any atom is -0.393 e. The average molecular weight is 284 g/mol. The molecule has 0 radical (unpaired) electrons. The van der Waals surface area contributed by atoms with E-state index in [0.717, 1.165) is 25.3 Å². The number of nitrogens with two attached hydrogens (primary N) is 1. The van der Waals surface area contributed by atoms with E-state index >= 15 is 0 Å². The van der Waals surface area contributed by atoms with Crippen molar-refractivity contribution in [2.24, 2.45) is 23.5 Å². The van der Waals surface area contributed by atoms with Crippen LogP contribution in [0.5, 0.6) is 0 Å². The van der Waals surface area contributed by atoms with Crippen LogP contribution in [-0.4, -0.2) is 17.4 Å². The minimum absolute atomic E-state index is 0.0203. The molecule has 0 spiro atoms. The Bertz CT molecular complexity index is 299. The van der Waals surface area contributed by atoms with Crippen molar-refractivity contribution in [1.82, 2.24) is 5.32 Å². The lowest BCUT2D eigenvalue weighted by Gasteiger charge is -2.28. The molecule has 1 unspecified atom stereocenters. The Morgan fingerprint density at radius 3 is 2.32 bits per heavy atom. The summed E-state index contributed by atoms with van der Waals surface area (Å²) in [7, 11) is 0. The summed E-state index contributed by atoms with van der Waals surface area (Å²) in [5.41, 5.74) is 5.64. The van der Waals surface area contributed by atoms with Crippen LogP contribution in [0.4, 0.5) is 0 Å². The Balaban J connectivity index is 2.31. The van der Waals surface area contributed by atoms with Gasteiger partial charge in [-0.2, -0.15) is 0 Å². The van der Waals surface area contributed by atoms with Crippen molar-refractivity contribution in [2.45, 2.75) is 58.8 Å². The van der Waals surface area contributed by atoms with E-state index in [1.807, 2.05) is 6.92 Å². The van der Waals surface area contributed by atoms with E-state index in [4.69, 9.17) is 18.0 Å². The third-order valence-electron chi connectivity index (χ3n) is 4.35. The summed E-state index contributed by atoms with van der Waals surface area (Å²) in [6.45, 7) is 5.10. The van der Waals surface area contributed by atoms with Crippen molar-refractivity contribution < 1.29 is 4.79 Å².